The van der Waals surface area contributed by atoms with E-state index in [0.717, 1.165) is 31.5 Å². The van der Waals surface area contributed by atoms with Gasteiger partial charge in [0.15, 0.2) is 0 Å². The quantitative estimate of drug-likeness (QED) is 0.661. The van der Waals surface area contributed by atoms with E-state index < -0.39 is 4.92 Å². The summed E-state index contributed by atoms with van der Waals surface area (Å²) in [5, 5.41) is 16.8. The summed E-state index contributed by atoms with van der Waals surface area (Å²) in [6.45, 7) is 3.73. The van der Waals surface area contributed by atoms with Crippen LogP contribution in [0, 0.1) is 23.0 Å². The number of benzene rings is 1. The molecule has 0 radical (unpaired) electrons. The second kappa shape index (κ2) is 7.95. The van der Waals surface area contributed by atoms with Gasteiger partial charge in [-0.25, -0.2) is 0 Å². The number of rotatable bonds is 4. The highest BCUT2D eigenvalue weighted by molar-refractivity contribution is 5.92. The molecule has 7 heteroatoms. The molecule has 0 atom stereocenters. The summed E-state index contributed by atoms with van der Waals surface area (Å²) in [6, 6.07) is 4.51. The maximum absolute atomic E-state index is 12.0. The van der Waals surface area contributed by atoms with Crippen molar-refractivity contribution in [2.24, 2.45) is 5.92 Å². The third-order valence-corrected chi connectivity index (χ3v) is 3.64. The van der Waals surface area contributed by atoms with Gasteiger partial charge in [0.1, 0.15) is 0 Å². The van der Waals surface area contributed by atoms with Crippen LogP contribution in [0.2, 0.25) is 0 Å². The lowest BCUT2D eigenvalue weighted by molar-refractivity contribution is -0.384. The summed E-state index contributed by atoms with van der Waals surface area (Å²) in [5.41, 5.74) is 1.35. The maximum Gasteiger partial charge on any atom is 0.271 e. The van der Waals surface area contributed by atoms with Crippen LogP contribution in [0.1, 0.15) is 24.8 Å². The number of anilines is 1. The van der Waals surface area contributed by atoms with Gasteiger partial charge in [-0.05, 0) is 44.3 Å². The molecule has 2 N–H and O–H groups in total. The Labute approximate surface area is 129 Å². The molecule has 1 saturated heterocycles. The maximum atomic E-state index is 12.0. The van der Waals surface area contributed by atoms with E-state index in [1.807, 2.05) is 6.92 Å². The number of piperidine rings is 1. The zero-order chi connectivity index (χ0) is 14.5. The van der Waals surface area contributed by atoms with Crippen molar-refractivity contribution < 1.29 is 9.72 Å². The highest BCUT2D eigenvalue weighted by Crippen LogP contribution is 2.23. The molecule has 1 amide bonds. The first kappa shape index (κ1) is 17.4. The average molecular weight is 314 g/mol. The molecule has 21 heavy (non-hydrogen) atoms. The van der Waals surface area contributed by atoms with Crippen LogP contribution >= 0.6 is 12.4 Å². The van der Waals surface area contributed by atoms with Gasteiger partial charge in [-0.15, -0.1) is 12.4 Å². The number of halogens is 1. The zero-order valence-corrected chi connectivity index (χ0v) is 12.7. The highest BCUT2D eigenvalue weighted by Gasteiger charge is 2.18. The monoisotopic (exact) mass is 313 g/mol. The Hall–Kier alpha value is -1.66. The van der Waals surface area contributed by atoms with Gasteiger partial charge in [0.2, 0.25) is 5.91 Å². The van der Waals surface area contributed by atoms with Gasteiger partial charge in [0.25, 0.3) is 5.69 Å². The molecule has 1 fully saturated rings. The van der Waals surface area contributed by atoms with E-state index in [1.165, 1.54) is 12.1 Å². The van der Waals surface area contributed by atoms with Gasteiger partial charge in [-0.2, -0.15) is 0 Å². The first-order chi connectivity index (χ1) is 9.56. The van der Waals surface area contributed by atoms with Crippen molar-refractivity contribution in [3.8, 4) is 0 Å². The van der Waals surface area contributed by atoms with Crippen molar-refractivity contribution in [3.63, 3.8) is 0 Å². The Morgan fingerprint density at radius 1 is 1.43 bits per heavy atom. The second-order valence-electron chi connectivity index (χ2n) is 5.20. The fraction of sp³-hybridized carbons (Fsp3) is 0.500. The molecule has 2 rings (SSSR count). The standard InChI is InChI=1S/C14H19N3O3.ClH/c1-10-2-3-12(17(19)20)9-13(10)16-14(18)8-11-4-6-15-7-5-11;/h2-3,9,11,15H,4-8H2,1H3,(H,16,18);1H. The van der Waals surface area contributed by atoms with Crippen LogP contribution in [0.4, 0.5) is 11.4 Å². The summed E-state index contributed by atoms with van der Waals surface area (Å²) in [6.07, 6.45) is 2.48. The predicted molar refractivity (Wildman–Crippen MR) is 83.9 cm³/mol. The Morgan fingerprint density at radius 2 is 2.10 bits per heavy atom. The molecule has 0 spiro atoms. The van der Waals surface area contributed by atoms with E-state index in [2.05, 4.69) is 10.6 Å². The number of aryl methyl sites for hydroxylation is 1. The van der Waals surface area contributed by atoms with Crippen molar-refractivity contribution in [1.82, 2.24) is 5.32 Å². The van der Waals surface area contributed by atoms with E-state index in [4.69, 9.17) is 0 Å². The molecule has 0 aliphatic carbocycles. The zero-order valence-electron chi connectivity index (χ0n) is 11.9. The van der Waals surface area contributed by atoms with Gasteiger partial charge in [0, 0.05) is 18.6 Å². The van der Waals surface area contributed by atoms with Crippen LogP contribution in [0.25, 0.3) is 0 Å². The summed E-state index contributed by atoms with van der Waals surface area (Å²) in [5.74, 6) is 0.329. The Morgan fingerprint density at radius 3 is 2.71 bits per heavy atom. The van der Waals surface area contributed by atoms with Gasteiger partial charge < -0.3 is 10.6 Å². The largest absolute Gasteiger partial charge is 0.326 e. The molecule has 0 saturated carbocycles. The van der Waals surface area contributed by atoms with Crippen LogP contribution < -0.4 is 10.6 Å². The molecule has 0 bridgehead atoms. The number of nitro benzene ring substituents is 1. The first-order valence-corrected chi connectivity index (χ1v) is 6.82. The lowest BCUT2D eigenvalue weighted by atomic mass is 9.94. The van der Waals surface area contributed by atoms with Crippen molar-refractivity contribution >= 4 is 29.7 Å². The molecular weight excluding hydrogens is 294 g/mol. The van der Waals surface area contributed by atoms with E-state index >= 15 is 0 Å². The number of nitrogens with one attached hydrogen (secondary N) is 2. The summed E-state index contributed by atoms with van der Waals surface area (Å²) in [4.78, 5) is 22.3. The van der Waals surface area contributed by atoms with Crippen LogP contribution in [0.5, 0.6) is 0 Å². The van der Waals surface area contributed by atoms with Crippen molar-refractivity contribution in [1.29, 1.82) is 0 Å². The lowest BCUT2D eigenvalue weighted by Crippen LogP contribution is -2.30. The predicted octanol–water partition coefficient (Wildman–Crippen LogP) is 2.65. The molecule has 1 aromatic rings. The van der Waals surface area contributed by atoms with Crippen molar-refractivity contribution in [2.75, 3.05) is 18.4 Å². The smallest absolute Gasteiger partial charge is 0.271 e. The minimum atomic E-state index is -0.456. The Balaban J connectivity index is 0.00000220. The molecule has 6 nitrogen and oxygen atoms in total. The van der Waals surface area contributed by atoms with Crippen LogP contribution in [-0.2, 0) is 4.79 Å². The fourth-order valence-electron chi connectivity index (χ4n) is 2.41. The van der Waals surface area contributed by atoms with E-state index in [-0.39, 0.29) is 24.0 Å². The lowest BCUT2D eigenvalue weighted by Gasteiger charge is -2.22. The normalized spacial score (nSPS) is 15.1. The number of hydrogen-bond acceptors (Lipinski definition) is 4. The van der Waals surface area contributed by atoms with Crippen molar-refractivity contribution in [3.05, 3.63) is 33.9 Å². The number of carbonyl (C=O) groups is 1. The van der Waals surface area contributed by atoms with Crippen molar-refractivity contribution in [2.45, 2.75) is 26.2 Å². The number of amides is 1. The fourth-order valence-corrected chi connectivity index (χ4v) is 2.41. The van der Waals surface area contributed by atoms with E-state index in [1.54, 1.807) is 6.07 Å². The van der Waals surface area contributed by atoms with E-state index in [0.29, 0.717) is 18.0 Å². The summed E-state index contributed by atoms with van der Waals surface area (Å²) >= 11 is 0. The van der Waals surface area contributed by atoms with Crippen LogP contribution in [0.3, 0.4) is 0 Å². The van der Waals surface area contributed by atoms with Crippen LogP contribution in [0.15, 0.2) is 18.2 Å². The molecule has 1 aliphatic heterocycles. The number of nitro groups is 1. The van der Waals surface area contributed by atoms with Gasteiger partial charge >= 0.3 is 0 Å². The third kappa shape index (κ3) is 4.99. The Kier molecular flexibility index (Phi) is 6.58. The second-order valence-corrected chi connectivity index (χ2v) is 5.20. The Bertz CT molecular complexity index is 516. The van der Waals surface area contributed by atoms with E-state index in [9.17, 15) is 14.9 Å². The first-order valence-electron chi connectivity index (χ1n) is 6.82. The molecular formula is C14H20ClN3O3. The number of carbonyl (C=O) groups excluding carboxylic acids is 1. The van der Waals surface area contributed by atoms with Gasteiger partial charge in [-0.1, -0.05) is 6.07 Å². The molecule has 1 heterocycles. The minimum absolute atomic E-state index is 0. The van der Waals surface area contributed by atoms with Crippen LogP contribution in [-0.4, -0.2) is 23.9 Å². The topological polar surface area (TPSA) is 84.3 Å². The SMILES string of the molecule is Cc1ccc([N+](=O)[O-])cc1NC(=O)CC1CCNCC1.Cl. The molecule has 1 aromatic carbocycles. The third-order valence-electron chi connectivity index (χ3n) is 3.64. The van der Waals surface area contributed by atoms with Gasteiger partial charge in [0.05, 0.1) is 10.6 Å². The number of non-ortho nitro benzene ring substituents is 1. The number of hydrogen-bond donors (Lipinski definition) is 2. The molecule has 116 valence electrons. The highest BCUT2D eigenvalue weighted by atomic mass is 35.5. The minimum Gasteiger partial charge on any atom is -0.326 e. The molecule has 0 aromatic heterocycles. The summed E-state index contributed by atoms with van der Waals surface area (Å²) < 4.78 is 0. The molecule has 1 aliphatic rings. The average Bonchev–Trinajstić information content (AvgIpc) is 2.42. The number of nitrogens with zero attached hydrogens (tertiary/aromatic N) is 1. The molecule has 0 unspecified atom stereocenters. The summed E-state index contributed by atoms with van der Waals surface area (Å²) in [7, 11) is 0. The van der Waals surface area contributed by atoms with Gasteiger partial charge in [-0.3, -0.25) is 14.9 Å².